The van der Waals surface area contributed by atoms with Gasteiger partial charge in [-0.1, -0.05) is 0 Å². The zero-order valence-electron chi connectivity index (χ0n) is 17.2. The standard InChI is InChI=1S/C20H31N5O2/c1-13-12-24(9-10-25(13)19(26)27-20(3,4)5)17-11-16-15(7-8-23(16)6)22-18(17)14(2)21/h7-8,11,13-14H,9-10,12,21H2,1-6H3. The Balaban J connectivity index is 1.85. The van der Waals surface area contributed by atoms with Gasteiger partial charge in [0.1, 0.15) is 5.60 Å². The van der Waals surface area contributed by atoms with Crippen LogP contribution in [0.3, 0.4) is 0 Å². The Labute approximate surface area is 161 Å². The minimum Gasteiger partial charge on any atom is -0.444 e. The minimum absolute atomic E-state index is 0.0404. The molecule has 2 atom stereocenters. The van der Waals surface area contributed by atoms with Crippen LogP contribution in [0.25, 0.3) is 11.0 Å². The summed E-state index contributed by atoms with van der Waals surface area (Å²) in [6.45, 7) is 11.7. The van der Waals surface area contributed by atoms with Crippen LogP contribution in [0.5, 0.6) is 0 Å². The number of aromatic nitrogens is 2. The molecule has 0 saturated carbocycles. The van der Waals surface area contributed by atoms with Crippen molar-refractivity contribution in [1.82, 2.24) is 14.5 Å². The van der Waals surface area contributed by atoms with Gasteiger partial charge in [0.15, 0.2) is 0 Å². The van der Waals surface area contributed by atoms with E-state index < -0.39 is 5.60 Å². The summed E-state index contributed by atoms with van der Waals surface area (Å²) in [4.78, 5) is 21.4. The van der Waals surface area contributed by atoms with Crippen molar-refractivity contribution in [2.45, 2.75) is 52.3 Å². The molecule has 1 aliphatic rings. The average molecular weight is 374 g/mol. The summed E-state index contributed by atoms with van der Waals surface area (Å²) >= 11 is 0. The Morgan fingerprint density at radius 1 is 1.37 bits per heavy atom. The molecule has 3 heterocycles. The molecule has 2 aromatic rings. The average Bonchev–Trinajstić information content (AvgIpc) is 2.92. The van der Waals surface area contributed by atoms with E-state index in [1.165, 1.54) is 0 Å². The zero-order valence-corrected chi connectivity index (χ0v) is 17.2. The fraction of sp³-hybridized carbons (Fsp3) is 0.600. The van der Waals surface area contributed by atoms with Gasteiger partial charge < -0.3 is 24.8 Å². The number of fused-ring (bicyclic) bond motifs is 1. The van der Waals surface area contributed by atoms with Crippen LogP contribution in [-0.4, -0.2) is 51.8 Å². The predicted molar refractivity (Wildman–Crippen MR) is 108 cm³/mol. The molecule has 7 heteroatoms. The maximum Gasteiger partial charge on any atom is 0.410 e. The Bertz CT molecular complexity index is 837. The van der Waals surface area contributed by atoms with Crippen LogP contribution in [0.1, 0.15) is 46.4 Å². The van der Waals surface area contributed by atoms with Gasteiger partial charge in [0.25, 0.3) is 0 Å². The molecule has 0 radical (unpaired) electrons. The van der Waals surface area contributed by atoms with Gasteiger partial charge >= 0.3 is 6.09 Å². The number of nitrogens with zero attached hydrogens (tertiary/aromatic N) is 4. The SMILES string of the molecule is CC(N)c1nc2ccn(C)c2cc1N1CCN(C(=O)OC(C)(C)C)C(C)C1. The topological polar surface area (TPSA) is 76.6 Å². The van der Waals surface area contributed by atoms with E-state index in [-0.39, 0.29) is 18.2 Å². The molecule has 0 aromatic carbocycles. The van der Waals surface area contributed by atoms with Crippen LogP contribution in [0.4, 0.5) is 10.5 Å². The van der Waals surface area contributed by atoms with Crippen molar-refractivity contribution in [2.75, 3.05) is 24.5 Å². The van der Waals surface area contributed by atoms with Crippen LogP contribution in [0, 0.1) is 0 Å². The molecule has 1 amide bonds. The second-order valence-corrected chi connectivity index (χ2v) is 8.48. The molecule has 27 heavy (non-hydrogen) atoms. The number of carbonyl (C=O) groups is 1. The fourth-order valence-electron chi connectivity index (χ4n) is 3.55. The van der Waals surface area contributed by atoms with Gasteiger partial charge in [-0.2, -0.15) is 0 Å². The first-order valence-electron chi connectivity index (χ1n) is 9.53. The fourth-order valence-corrected chi connectivity index (χ4v) is 3.55. The van der Waals surface area contributed by atoms with Gasteiger partial charge in [0.05, 0.1) is 22.4 Å². The smallest absolute Gasteiger partial charge is 0.410 e. The number of aryl methyl sites for hydroxylation is 1. The highest BCUT2D eigenvalue weighted by Gasteiger charge is 2.32. The van der Waals surface area contributed by atoms with Gasteiger partial charge in [0.2, 0.25) is 0 Å². The predicted octanol–water partition coefficient (Wildman–Crippen LogP) is 3.04. The van der Waals surface area contributed by atoms with Crippen molar-refractivity contribution in [3.63, 3.8) is 0 Å². The van der Waals surface area contributed by atoms with Crippen molar-refractivity contribution >= 4 is 22.8 Å². The number of carbonyl (C=O) groups excluding carboxylic acids is 1. The van der Waals surface area contributed by atoms with Gasteiger partial charge in [-0.15, -0.1) is 0 Å². The third-order valence-corrected chi connectivity index (χ3v) is 4.90. The molecular weight excluding hydrogens is 342 g/mol. The molecule has 2 unspecified atom stereocenters. The molecule has 2 aromatic heterocycles. The van der Waals surface area contributed by atoms with Crippen LogP contribution in [0.2, 0.25) is 0 Å². The highest BCUT2D eigenvalue weighted by molar-refractivity contribution is 5.81. The second-order valence-electron chi connectivity index (χ2n) is 8.48. The van der Waals surface area contributed by atoms with Gasteiger partial charge in [0, 0.05) is 45.0 Å². The van der Waals surface area contributed by atoms with E-state index in [0.29, 0.717) is 6.54 Å². The lowest BCUT2D eigenvalue weighted by atomic mass is 10.1. The Morgan fingerprint density at radius 3 is 2.67 bits per heavy atom. The van der Waals surface area contributed by atoms with Crippen LogP contribution in [0.15, 0.2) is 18.3 Å². The summed E-state index contributed by atoms with van der Waals surface area (Å²) in [6, 6.07) is 4.05. The van der Waals surface area contributed by atoms with Crippen molar-refractivity contribution in [1.29, 1.82) is 0 Å². The molecule has 0 aliphatic carbocycles. The molecule has 0 spiro atoms. The number of nitrogens with two attached hydrogens (primary N) is 1. The van der Waals surface area contributed by atoms with Crippen molar-refractivity contribution in [3.8, 4) is 0 Å². The summed E-state index contributed by atoms with van der Waals surface area (Å²) in [5, 5.41) is 0. The summed E-state index contributed by atoms with van der Waals surface area (Å²) in [5.41, 5.74) is 9.71. The maximum absolute atomic E-state index is 12.5. The number of pyridine rings is 1. The number of ether oxygens (including phenoxy) is 1. The Hall–Kier alpha value is -2.28. The van der Waals surface area contributed by atoms with Crippen molar-refractivity contribution < 1.29 is 9.53 Å². The summed E-state index contributed by atoms with van der Waals surface area (Å²) in [7, 11) is 2.02. The van der Waals surface area contributed by atoms with Crippen LogP contribution < -0.4 is 10.6 Å². The van der Waals surface area contributed by atoms with Crippen molar-refractivity contribution in [3.05, 3.63) is 24.0 Å². The van der Waals surface area contributed by atoms with E-state index in [0.717, 1.165) is 35.5 Å². The Kier molecular flexibility index (Phi) is 5.08. The van der Waals surface area contributed by atoms with E-state index in [9.17, 15) is 4.79 Å². The number of hydrogen-bond acceptors (Lipinski definition) is 5. The largest absolute Gasteiger partial charge is 0.444 e. The first kappa shape index (κ1) is 19.5. The molecule has 148 valence electrons. The third-order valence-electron chi connectivity index (χ3n) is 4.90. The highest BCUT2D eigenvalue weighted by Crippen LogP contribution is 2.30. The molecule has 7 nitrogen and oxygen atoms in total. The first-order chi connectivity index (χ1) is 12.6. The van der Waals surface area contributed by atoms with E-state index >= 15 is 0 Å². The number of rotatable bonds is 2. The molecule has 1 fully saturated rings. The van der Waals surface area contributed by atoms with E-state index in [1.807, 2.05) is 51.9 Å². The number of piperazine rings is 1. The third kappa shape index (κ3) is 4.03. The molecule has 1 saturated heterocycles. The summed E-state index contributed by atoms with van der Waals surface area (Å²) in [5.74, 6) is 0. The molecule has 3 rings (SSSR count). The number of anilines is 1. The molecule has 0 bridgehead atoms. The van der Waals surface area contributed by atoms with E-state index in [4.69, 9.17) is 15.5 Å². The number of amides is 1. The quantitative estimate of drug-likeness (QED) is 0.875. The molecule has 1 aliphatic heterocycles. The van der Waals surface area contributed by atoms with Gasteiger partial charge in [-0.25, -0.2) is 9.78 Å². The van der Waals surface area contributed by atoms with Gasteiger partial charge in [-0.05, 0) is 46.8 Å². The lowest BCUT2D eigenvalue weighted by molar-refractivity contribution is 0.0159. The van der Waals surface area contributed by atoms with Crippen molar-refractivity contribution in [2.24, 2.45) is 12.8 Å². The zero-order chi connectivity index (χ0) is 19.9. The maximum atomic E-state index is 12.5. The normalized spacial score (nSPS) is 19.4. The monoisotopic (exact) mass is 373 g/mol. The first-order valence-corrected chi connectivity index (χ1v) is 9.53. The lowest BCUT2D eigenvalue weighted by Gasteiger charge is -2.41. The van der Waals surface area contributed by atoms with Crippen LogP contribution >= 0.6 is 0 Å². The van der Waals surface area contributed by atoms with Crippen LogP contribution in [-0.2, 0) is 11.8 Å². The molecular formula is C20H31N5O2. The minimum atomic E-state index is -0.489. The molecule has 2 N–H and O–H groups in total. The van der Waals surface area contributed by atoms with E-state index in [2.05, 4.69) is 22.5 Å². The lowest BCUT2D eigenvalue weighted by Crippen LogP contribution is -2.55. The Morgan fingerprint density at radius 2 is 2.07 bits per heavy atom. The van der Waals surface area contributed by atoms with Gasteiger partial charge in [-0.3, -0.25) is 0 Å². The second kappa shape index (κ2) is 7.03. The summed E-state index contributed by atoms with van der Waals surface area (Å²) in [6.07, 6.45) is 1.76. The number of hydrogen-bond donors (Lipinski definition) is 1. The van der Waals surface area contributed by atoms with E-state index in [1.54, 1.807) is 0 Å². The summed E-state index contributed by atoms with van der Waals surface area (Å²) < 4.78 is 7.61. The highest BCUT2D eigenvalue weighted by atomic mass is 16.6.